The average Bonchev–Trinajstić information content (AvgIpc) is 2.57. The van der Waals surface area contributed by atoms with E-state index in [1.807, 2.05) is 18.2 Å². The molecule has 1 aliphatic rings. The quantitative estimate of drug-likeness (QED) is 0.776. The number of furan rings is 1. The first-order chi connectivity index (χ1) is 7.17. The van der Waals surface area contributed by atoms with Crippen molar-refractivity contribution in [1.82, 2.24) is 5.32 Å². The molecule has 4 heteroatoms. The SMILES string of the molecule is OC1(c2cc3cc(Cl)ccc3o2)CNC1. The highest BCUT2D eigenvalue weighted by Crippen LogP contribution is 2.31. The molecule has 1 aliphatic heterocycles. The van der Waals surface area contributed by atoms with Crippen molar-refractivity contribution in [2.24, 2.45) is 0 Å². The zero-order valence-corrected chi connectivity index (χ0v) is 8.71. The molecule has 0 saturated carbocycles. The van der Waals surface area contributed by atoms with Crippen molar-refractivity contribution in [1.29, 1.82) is 0 Å². The predicted octanol–water partition coefficient (Wildman–Crippen LogP) is 1.88. The van der Waals surface area contributed by atoms with Crippen LogP contribution in [0.3, 0.4) is 0 Å². The molecule has 0 bridgehead atoms. The molecule has 0 spiro atoms. The summed E-state index contributed by atoms with van der Waals surface area (Å²) < 4.78 is 5.58. The standard InChI is InChI=1S/C11H10ClNO2/c12-8-1-2-9-7(3-8)4-10(15-9)11(14)5-13-6-11/h1-4,13-14H,5-6H2. The molecule has 3 rings (SSSR count). The van der Waals surface area contributed by atoms with Gasteiger partial charge in [-0.05, 0) is 24.3 Å². The molecular weight excluding hydrogens is 214 g/mol. The normalized spacial score (nSPS) is 19.1. The van der Waals surface area contributed by atoms with Gasteiger partial charge >= 0.3 is 0 Å². The monoisotopic (exact) mass is 223 g/mol. The van der Waals surface area contributed by atoms with E-state index >= 15 is 0 Å². The first-order valence-electron chi connectivity index (χ1n) is 4.80. The summed E-state index contributed by atoms with van der Waals surface area (Å²) in [5.41, 5.74) is -0.0828. The smallest absolute Gasteiger partial charge is 0.147 e. The van der Waals surface area contributed by atoms with Crippen LogP contribution >= 0.6 is 11.6 Å². The Morgan fingerprint density at radius 1 is 1.33 bits per heavy atom. The lowest BCUT2D eigenvalue weighted by Crippen LogP contribution is -2.56. The van der Waals surface area contributed by atoms with Crippen LogP contribution in [0.5, 0.6) is 0 Å². The van der Waals surface area contributed by atoms with Crippen molar-refractivity contribution >= 4 is 22.6 Å². The molecule has 2 heterocycles. The highest BCUT2D eigenvalue weighted by molar-refractivity contribution is 6.31. The van der Waals surface area contributed by atoms with Crippen molar-refractivity contribution in [2.75, 3.05) is 13.1 Å². The first kappa shape index (κ1) is 9.21. The summed E-state index contributed by atoms with van der Waals surface area (Å²) in [5, 5.41) is 14.7. The third-order valence-electron chi connectivity index (χ3n) is 2.77. The maximum atomic E-state index is 10.1. The Morgan fingerprint density at radius 2 is 2.13 bits per heavy atom. The van der Waals surface area contributed by atoms with Crippen molar-refractivity contribution in [2.45, 2.75) is 5.60 Å². The Hall–Kier alpha value is -1.03. The van der Waals surface area contributed by atoms with Crippen LogP contribution in [0.2, 0.25) is 5.02 Å². The van der Waals surface area contributed by atoms with Crippen molar-refractivity contribution < 1.29 is 9.52 Å². The van der Waals surface area contributed by atoms with Crippen LogP contribution in [0.25, 0.3) is 11.0 Å². The summed E-state index contributed by atoms with van der Waals surface area (Å²) >= 11 is 5.87. The maximum absolute atomic E-state index is 10.1. The lowest BCUT2D eigenvalue weighted by atomic mass is 9.94. The number of aliphatic hydroxyl groups is 1. The topological polar surface area (TPSA) is 45.4 Å². The zero-order chi connectivity index (χ0) is 10.5. The second-order valence-electron chi connectivity index (χ2n) is 3.93. The molecule has 2 aromatic rings. The summed E-state index contributed by atoms with van der Waals surface area (Å²) in [7, 11) is 0. The third kappa shape index (κ3) is 1.35. The highest BCUT2D eigenvalue weighted by Gasteiger charge is 2.39. The fourth-order valence-electron chi connectivity index (χ4n) is 1.78. The van der Waals surface area contributed by atoms with Crippen molar-refractivity contribution in [3.05, 3.63) is 35.0 Å². The van der Waals surface area contributed by atoms with Crippen LogP contribution in [0, 0.1) is 0 Å². The van der Waals surface area contributed by atoms with Gasteiger partial charge < -0.3 is 14.8 Å². The Morgan fingerprint density at radius 3 is 2.80 bits per heavy atom. The van der Waals surface area contributed by atoms with Gasteiger partial charge in [0.2, 0.25) is 0 Å². The van der Waals surface area contributed by atoms with E-state index in [9.17, 15) is 5.11 Å². The molecule has 1 aromatic heterocycles. The number of hydrogen-bond acceptors (Lipinski definition) is 3. The molecule has 15 heavy (non-hydrogen) atoms. The van der Waals surface area contributed by atoms with E-state index in [1.165, 1.54) is 0 Å². The average molecular weight is 224 g/mol. The van der Waals surface area contributed by atoms with Crippen molar-refractivity contribution in [3.8, 4) is 0 Å². The molecule has 0 amide bonds. The number of fused-ring (bicyclic) bond motifs is 1. The van der Waals surface area contributed by atoms with Gasteiger partial charge in [-0.3, -0.25) is 0 Å². The van der Waals surface area contributed by atoms with Crippen LogP contribution in [-0.4, -0.2) is 18.2 Å². The van der Waals surface area contributed by atoms with E-state index in [0.29, 0.717) is 23.9 Å². The predicted molar refractivity (Wildman–Crippen MR) is 58.0 cm³/mol. The molecule has 1 fully saturated rings. The van der Waals surface area contributed by atoms with Gasteiger partial charge in [0, 0.05) is 23.5 Å². The minimum Gasteiger partial charge on any atom is -0.458 e. The van der Waals surface area contributed by atoms with Crippen LogP contribution < -0.4 is 5.32 Å². The molecule has 0 aliphatic carbocycles. The van der Waals surface area contributed by atoms with Crippen LogP contribution in [0.4, 0.5) is 0 Å². The fraction of sp³-hybridized carbons (Fsp3) is 0.273. The number of halogens is 1. The molecule has 3 nitrogen and oxygen atoms in total. The summed E-state index contributed by atoms with van der Waals surface area (Å²) in [6.07, 6.45) is 0. The van der Waals surface area contributed by atoms with Crippen LogP contribution in [0.15, 0.2) is 28.7 Å². The number of hydrogen-bond donors (Lipinski definition) is 2. The van der Waals surface area contributed by atoms with Gasteiger partial charge in [0.25, 0.3) is 0 Å². The summed E-state index contributed by atoms with van der Waals surface area (Å²) in [6, 6.07) is 7.28. The number of β-amino-alcohol motifs (C(OH)–C–C–N with tert-alkyl or cyclic N) is 1. The van der Waals surface area contributed by atoms with Gasteiger partial charge in [0.1, 0.15) is 16.9 Å². The Labute approximate surface area is 91.6 Å². The Balaban J connectivity index is 2.14. The second-order valence-corrected chi connectivity index (χ2v) is 4.36. The molecular formula is C11H10ClNO2. The molecule has 1 saturated heterocycles. The summed E-state index contributed by atoms with van der Waals surface area (Å²) in [4.78, 5) is 0. The van der Waals surface area contributed by atoms with Gasteiger partial charge in [-0.15, -0.1) is 0 Å². The second kappa shape index (κ2) is 2.98. The minimum atomic E-state index is -0.842. The molecule has 0 radical (unpaired) electrons. The van der Waals surface area contributed by atoms with Gasteiger partial charge in [0.05, 0.1) is 0 Å². The fourth-order valence-corrected chi connectivity index (χ4v) is 1.96. The van der Waals surface area contributed by atoms with Crippen molar-refractivity contribution in [3.63, 3.8) is 0 Å². The van der Waals surface area contributed by atoms with E-state index in [2.05, 4.69) is 5.32 Å². The van der Waals surface area contributed by atoms with Crippen LogP contribution in [0.1, 0.15) is 5.76 Å². The first-order valence-corrected chi connectivity index (χ1v) is 5.18. The highest BCUT2D eigenvalue weighted by atomic mass is 35.5. The van der Waals surface area contributed by atoms with Gasteiger partial charge in [0.15, 0.2) is 0 Å². The zero-order valence-electron chi connectivity index (χ0n) is 7.96. The van der Waals surface area contributed by atoms with E-state index in [-0.39, 0.29) is 0 Å². The Bertz CT molecular complexity index is 516. The van der Waals surface area contributed by atoms with Gasteiger partial charge in [-0.1, -0.05) is 11.6 Å². The molecule has 78 valence electrons. The van der Waals surface area contributed by atoms with E-state index in [1.54, 1.807) is 6.07 Å². The van der Waals surface area contributed by atoms with E-state index in [0.717, 1.165) is 11.0 Å². The van der Waals surface area contributed by atoms with Gasteiger partial charge in [-0.25, -0.2) is 0 Å². The Kier molecular flexibility index (Phi) is 1.83. The van der Waals surface area contributed by atoms with E-state index < -0.39 is 5.60 Å². The molecule has 0 atom stereocenters. The lowest BCUT2D eigenvalue weighted by Gasteiger charge is -2.35. The third-order valence-corrected chi connectivity index (χ3v) is 3.01. The number of rotatable bonds is 1. The van der Waals surface area contributed by atoms with E-state index in [4.69, 9.17) is 16.0 Å². The lowest BCUT2D eigenvalue weighted by molar-refractivity contribution is -0.0320. The largest absolute Gasteiger partial charge is 0.458 e. The molecule has 1 aromatic carbocycles. The summed E-state index contributed by atoms with van der Waals surface area (Å²) in [5.74, 6) is 0.610. The maximum Gasteiger partial charge on any atom is 0.147 e. The number of nitrogens with one attached hydrogen (secondary N) is 1. The summed E-state index contributed by atoms with van der Waals surface area (Å²) in [6.45, 7) is 1.08. The van der Waals surface area contributed by atoms with Crippen LogP contribution in [-0.2, 0) is 5.60 Å². The minimum absolute atomic E-state index is 0.542. The molecule has 0 unspecified atom stereocenters. The number of benzene rings is 1. The molecule has 2 N–H and O–H groups in total. The van der Waals surface area contributed by atoms with Gasteiger partial charge in [-0.2, -0.15) is 0 Å².